The highest BCUT2D eigenvalue weighted by molar-refractivity contribution is 6.04. The lowest BCUT2D eigenvalue weighted by atomic mass is 10.00. The average molecular weight is 387 g/mol. The largest absolute Gasteiger partial charge is 0.496 e. The van der Waals surface area contributed by atoms with E-state index < -0.39 is 5.82 Å². The molecule has 2 aromatic rings. The number of hydrogen-bond acceptors (Lipinski definition) is 3. The van der Waals surface area contributed by atoms with Gasteiger partial charge in [0, 0.05) is 32.7 Å². The molecule has 0 aliphatic carbocycles. The van der Waals surface area contributed by atoms with Crippen molar-refractivity contribution < 1.29 is 18.7 Å². The number of nitrogens with zero attached hydrogens (tertiary/aromatic N) is 2. The molecule has 0 aliphatic heterocycles. The van der Waals surface area contributed by atoms with E-state index in [0.717, 1.165) is 0 Å². The van der Waals surface area contributed by atoms with Gasteiger partial charge in [0.2, 0.25) is 0 Å². The monoisotopic (exact) mass is 387 g/mol. The van der Waals surface area contributed by atoms with E-state index in [1.54, 1.807) is 37.2 Å². The van der Waals surface area contributed by atoms with Gasteiger partial charge in [0.25, 0.3) is 5.91 Å². The van der Waals surface area contributed by atoms with Crippen molar-refractivity contribution in [1.29, 1.82) is 0 Å². The van der Waals surface area contributed by atoms with E-state index in [0.29, 0.717) is 41.2 Å². The summed E-state index contributed by atoms with van der Waals surface area (Å²) in [7, 11) is 4.74. The first-order valence-electron chi connectivity index (χ1n) is 9.07. The Bertz CT molecular complexity index is 864. The third-order valence-electron chi connectivity index (χ3n) is 4.42. The molecule has 2 rings (SSSR count). The minimum absolute atomic E-state index is 0.212. The van der Waals surface area contributed by atoms with Gasteiger partial charge in [-0.25, -0.2) is 9.18 Å². The lowest BCUT2D eigenvalue weighted by Gasteiger charge is -2.22. The number of carbonyl (C=O) groups excluding carboxylic acids is 2. The standard InChI is InChI=1S/C21H26FN3O3/c1-6-25(7-2)20(26)17-12-14(8-10-18(17)23-21(27)24(3)4)16-13-15(22)9-11-19(16)28-5/h8-13H,6-7H2,1-5H3,(H,23,27). The van der Waals surface area contributed by atoms with Crippen molar-refractivity contribution in [2.45, 2.75) is 13.8 Å². The third kappa shape index (κ3) is 4.60. The number of ether oxygens (including phenoxy) is 1. The van der Waals surface area contributed by atoms with E-state index in [9.17, 15) is 14.0 Å². The van der Waals surface area contributed by atoms with E-state index in [1.807, 2.05) is 13.8 Å². The van der Waals surface area contributed by atoms with Crippen molar-refractivity contribution in [2.75, 3.05) is 39.6 Å². The van der Waals surface area contributed by atoms with Crippen LogP contribution in [0.15, 0.2) is 36.4 Å². The van der Waals surface area contributed by atoms with E-state index >= 15 is 0 Å². The lowest BCUT2D eigenvalue weighted by Crippen LogP contribution is -2.32. The van der Waals surface area contributed by atoms with Gasteiger partial charge in [-0.15, -0.1) is 0 Å². The Morgan fingerprint density at radius 1 is 1.07 bits per heavy atom. The maximum absolute atomic E-state index is 13.8. The summed E-state index contributed by atoms with van der Waals surface area (Å²) >= 11 is 0. The Hall–Kier alpha value is -3.09. The van der Waals surface area contributed by atoms with Gasteiger partial charge in [-0.3, -0.25) is 4.79 Å². The molecule has 0 unspecified atom stereocenters. The summed E-state index contributed by atoms with van der Waals surface area (Å²) in [6.07, 6.45) is 0. The fourth-order valence-corrected chi connectivity index (χ4v) is 2.81. The molecule has 0 fully saturated rings. The van der Waals surface area contributed by atoms with Crippen molar-refractivity contribution in [3.8, 4) is 16.9 Å². The summed E-state index contributed by atoms with van der Waals surface area (Å²) in [5, 5.41) is 2.75. The molecule has 2 aromatic carbocycles. The molecular formula is C21H26FN3O3. The molecule has 0 saturated heterocycles. The number of halogens is 1. The zero-order chi connectivity index (χ0) is 20.8. The second kappa shape index (κ2) is 9.21. The van der Waals surface area contributed by atoms with Crippen LogP contribution in [0.3, 0.4) is 0 Å². The maximum atomic E-state index is 13.8. The molecule has 0 aromatic heterocycles. The van der Waals surface area contributed by atoms with Crippen LogP contribution in [0.4, 0.5) is 14.9 Å². The molecule has 1 N–H and O–H groups in total. The van der Waals surface area contributed by atoms with Crippen LogP contribution in [0.2, 0.25) is 0 Å². The number of rotatable bonds is 6. The molecule has 150 valence electrons. The molecule has 0 heterocycles. The zero-order valence-corrected chi connectivity index (χ0v) is 16.9. The Kier molecular flexibility index (Phi) is 6.98. The van der Waals surface area contributed by atoms with Gasteiger partial charge in [0.1, 0.15) is 11.6 Å². The van der Waals surface area contributed by atoms with Crippen LogP contribution >= 0.6 is 0 Å². The van der Waals surface area contributed by atoms with Gasteiger partial charge in [0.05, 0.1) is 18.4 Å². The summed E-state index contributed by atoms with van der Waals surface area (Å²) in [6.45, 7) is 4.84. The zero-order valence-electron chi connectivity index (χ0n) is 16.9. The molecule has 0 atom stereocenters. The molecule has 0 saturated carbocycles. The van der Waals surface area contributed by atoms with Crippen molar-refractivity contribution in [3.63, 3.8) is 0 Å². The van der Waals surface area contributed by atoms with Crippen LogP contribution in [-0.2, 0) is 0 Å². The highest BCUT2D eigenvalue weighted by Crippen LogP contribution is 2.33. The first kappa shape index (κ1) is 21.2. The summed E-state index contributed by atoms with van der Waals surface area (Å²) in [5.74, 6) is -0.124. The van der Waals surface area contributed by atoms with E-state index in [4.69, 9.17) is 4.74 Å². The van der Waals surface area contributed by atoms with E-state index in [2.05, 4.69) is 5.32 Å². The van der Waals surface area contributed by atoms with Crippen LogP contribution in [-0.4, -0.2) is 56.0 Å². The molecule has 3 amide bonds. The summed E-state index contributed by atoms with van der Waals surface area (Å²) < 4.78 is 19.1. The maximum Gasteiger partial charge on any atom is 0.321 e. The molecule has 28 heavy (non-hydrogen) atoms. The highest BCUT2D eigenvalue weighted by atomic mass is 19.1. The first-order chi connectivity index (χ1) is 13.3. The Labute approximate surface area is 164 Å². The number of anilines is 1. The fourth-order valence-electron chi connectivity index (χ4n) is 2.81. The minimum Gasteiger partial charge on any atom is -0.496 e. The van der Waals surface area contributed by atoms with Gasteiger partial charge < -0.3 is 19.9 Å². The number of nitrogens with one attached hydrogen (secondary N) is 1. The van der Waals surface area contributed by atoms with Crippen molar-refractivity contribution in [1.82, 2.24) is 9.80 Å². The van der Waals surface area contributed by atoms with Gasteiger partial charge in [-0.05, 0) is 49.7 Å². The Morgan fingerprint density at radius 2 is 1.75 bits per heavy atom. The van der Waals surface area contributed by atoms with Gasteiger partial charge in [-0.2, -0.15) is 0 Å². The molecule has 0 spiro atoms. The molecule has 0 bridgehead atoms. The molecule has 0 aliphatic rings. The second-order valence-electron chi connectivity index (χ2n) is 6.41. The summed E-state index contributed by atoms with van der Waals surface area (Å²) in [6, 6.07) is 8.90. The third-order valence-corrected chi connectivity index (χ3v) is 4.42. The first-order valence-corrected chi connectivity index (χ1v) is 9.07. The molecule has 6 nitrogen and oxygen atoms in total. The summed E-state index contributed by atoms with van der Waals surface area (Å²) in [4.78, 5) is 28.2. The van der Waals surface area contributed by atoms with Crippen LogP contribution in [0.5, 0.6) is 5.75 Å². The number of benzene rings is 2. The predicted octanol–water partition coefficient (Wildman–Crippen LogP) is 4.08. The number of urea groups is 1. The van der Waals surface area contributed by atoms with Crippen LogP contribution in [0.1, 0.15) is 24.2 Å². The summed E-state index contributed by atoms with van der Waals surface area (Å²) in [5.41, 5.74) is 1.88. The lowest BCUT2D eigenvalue weighted by molar-refractivity contribution is 0.0774. The number of carbonyl (C=O) groups is 2. The quantitative estimate of drug-likeness (QED) is 0.813. The SMILES string of the molecule is CCN(CC)C(=O)c1cc(-c2cc(F)ccc2OC)ccc1NC(=O)N(C)C. The van der Waals surface area contributed by atoms with Gasteiger partial charge in [-0.1, -0.05) is 6.07 Å². The number of methoxy groups -OCH3 is 1. The minimum atomic E-state index is -0.405. The predicted molar refractivity (Wildman–Crippen MR) is 108 cm³/mol. The normalized spacial score (nSPS) is 10.4. The number of amides is 3. The van der Waals surface area contributed by atoms with Crippen LogP contribution in [0, 0.1) is 5.82 Å². The van der Waals surface area contributed by atoms with Crippen molar-refractivity contribution in [3.05, 3.63) is 47.8 Å². The Balaban J connectivity index is 2.60. The molecule has 7 heteroatoms. The second-order valence-corrected chi connectivity index (χ2v) is 6.41. The highest BCUT2D eigenvalue weighted by Gasteiger charge is 2.20. The Morgan fingerprint density at radius 3 is 2.32 bits per heavy atom. The number of hydrogen-bond donors (Lipinski definition) is 1. The van der Waals surface area contributed by atoms with Gasteiger partial charge in [0.15, 0.2) is 0 Å². The molecule has 0 radical (unpaired) electrons. The van der Waals surface area contributed by atoms with E-state index in [1.165, 1.54) is 30.2 Å². The topological polar surface area (TPSA) is 61.9 Å². The van der Waals surface area contributed by atoms with Gasteiger partial charge >= 0.3 is 6.03 Å². The van der Waals surface area contributed by atoms with Crippen molar-refractivity contribution in [2.24, 2.45) is 0 Å². The average Bonchev–Trinajstić information content (AvgIpc) is 2.68. The molecular weight excluding hydrogens is 361 g/mol. The van der Waals surface area contributed by atoms with Crippen molar-refractivity contribution >= 4 is 17.6 Å². The fraction of sp³-hybridized carbons (Fsp3) is 0.333. The van der Waals surface area contributed by atoms with Crippen LogP contribution < -0.4 is 10.1 Å². The van der Waals surface area contributed by atoms with Crippen LogP contribution in [0.25, 0.3) is 11.1 Å². The van der Waals surface area contributed by atoms with E-state index in [-0.39, 0.29) is 11.9 Å². The smallest absolute Gasteiger partial charge is 0.321 e.